The number of aromatic nitrogens is 1. The lowest BCUT2D eigenvalue weighted by atomic mass is 10.1. The van der Waals surface area contributed by atoms with Crippen molar-refractivity contribution in [2.75, 3.05) is 0 Å². The fourth-order valence-corrected chi connectivity index (χ4v) is 2.03. The third kappa shape index (κ3) is 3.75. The summed E-state index contributed by atoms with van der Waals surface area (Å²) in [5.41, 5.74) is 4.41. The van der Waals surface area contributed by atoms with Crippen molar-refractivity contribution >= 4 is 6.29 Å². The number of benzene rings is 1. The maximum atomic E-state index is 10.4. The number of nitrogens with zero attached hydrogens (tertiary/aromatic N) is 1. The zero-order chi connectivity index (χ0) is 13.5. The highest BCUT2D eigenvalue weighted by molar-refractivity contribution is 5.61. The Morgan fingerprint density at radius 1 is 1.05 bits per heavy atom. The molecule has 0 aliphatic heterocycles. The molecule has 1 heterocycles. The standard InChI is InChI=1S/C17H19NO/c1-2-3-4-15-7-10-17(18-13-15)16-8-5-14(6-9-16)11-12-19/h5-10,12-13H,2-4,11H2,1H3. The SMILES string of the molecule is CCCCc1ccc(-c2ccc(CC=O)cc2)nc1. The molecule has 0 unspecified atom stereocenters. The number of carbonyl (C=O) groups is 1. The molecule has 1 aromatic heterocycles. The molecule has 0 bridgehead atoms. The molecule has 0 saturated heterocycles. The van der Waals surface area contributed by atoms with Crippen LogP contribution < -0.4 is 0 Å². The van der Waals surface area contributed by atoms with Crippen molar-refractivity contribution in [2.24, 2.45) is 0 Å². The van der Waals surface area contributed by atoms with Crippen molar-refractivity contribution in [3.63, 3.8) is 0 Å². The lowest BCUT2D eigenvalue weighted by molar-refractivity contribution is -0.107. The first-order valence-electron chi connectivity index (χ1n) is 6.81. The van der Waals surface area contributed by atoms with Gasteiger partial charge in [-0.2, -0.15) is 0 Å². The molecule has 2 aromatic rings. The van der Waals surface area contributed by atoms with Gasteiger partial charge in [0.15, 0.2) is 0 Å². The van der Waals surface area contributed by atoms with Crippen LogP contribution in [0.3, 0.4) is 0 Å². The summed E-state index contributed by atoms with van der Waals surface area (Å²) in [5.74, 6) is 0. The predicted molar refractivity (Wildman–Crippen MR) is 78.1 cm³/mol. The summed E-state index contributed by atoms with van der Waals surface area (Å²) < 4.78 is 0. The number of carbonyl (C=O) groups excluding carboxylic acids is 1. The fourth-order valence-electron chi connectivity index (χ4n) is 2.03. The van der Waals surface area contributed by atoms with E-state index in [2.05, 4.69) is 24.0 Å². The van der Waals surface area contributed by atoms with E-state index in [0.29, 0.717) is 6.42 Å². The summed E-state index contributed by atoms with van der Waals surface area (Å²) in [6, 6.07) is 12.2. The van der Waals surface area contributed by atoms with Crippen LogP contribution in [0.5, 0.6) is 0 Å². The molecule has 0 atom stereocenters. The van der Waals surface area contributed by atoms with Crippen LogP contribution in [-0.4, -0.2) is 11.3 Å². The van der Waals surface area contributed by atoms with Gasteiger partial charge in [0.05, 0.1) is 5.69 Å². The summed E-state index contributed by atoms with van der Waals surface area (Å²) in [7, 11) is 0. The molecule has 0 radical (unpaired) electrons. The van der Waals surface area contributed by atoms with Gasteiger partial charge in [-0.15, -0.1) is 0 Å². The van der Waals surface area contributed by atoms with Crippen LogP contribution in [0.2, 0.25) is 0 Å². The van der Waals surface area contributed by atoms with Gasteiger partial charge in [0.1, 0.15) is 6.29 Å². The molecule has 0 amide bonds. The minimum Gasteiger partial charge on any atom is -0.303 e. The third-order valence-corrected chi connectivity index (χ3v) is 3.21. The first kappa shape index (κ1) is 13.5. The van der Waals surface area contributed by atoms with E-state index < -0.39 is 0 Å². The second-order valence-corrected chi connectivity index (χ2v) is 4.72. The van der Waals surface area contributed by atoms with Gasteiger partial charge < -0.3 is 4.79 Å². The van der Waals surface area contributed by atoms with Gasteiger partial charge in [-0.25, -0.2) is 0 Å². The highest BCUT2D eigenvalue weighted by Crippen LogP contribution is 2.18. The van der Waals surface area contributed by atoms with E-state index in [1.165, 1.54) is 18.4 Å². The normalized spacial score (nSPS) is 10.4. The number of aryl methyl sites for hydroxylation is 1. The summed E-state index contributed by atoms with van der Waals surface area (Å²) in [4.78, 5) is 14.9. The van der Waals surface area contributed by atoms with Crippen LogP contribution >= 0.6 is 0 Å². The zero-order valence-corrected chi connectivity index (χ0v) is 11.3. The first-order valence-corrected chi connectivity index (χ1v) is 6.81. The van der Waals surface area contributed by atoms with Crippen molar-refractivity contribution in [2.45, 2.75) is 32.6 Å². The second kappa shape index (κ2) is 6.83. The largest absolute Gasteiger partial charge is 0.303 e. The Bertz CT molecular complexity index is 514. The molecule has 2 nitrogen and oxygen atoms in total. The summed E-state index contributed by atoms with van der Waals surface area (Å²) in [6.07, 6.45) is 6.88. The minimum absolute atomic E-state index is 0.476. The van der Waals surface area contributed by atoms with E-state index in [0.717, 1.165) is 29.5 Å². The van der Waals surface area contributed by atoms with Crippen molar-refractivity contribution in [1.29, 1.82) is 0 Å². The van der Waals surface area contributed by atoms with E-state index in [9.17, 15) is 4.79 Å². The Morgan fingerprint density at radius 3 is 2.37 bits per heavy atom. The van der Waals surface area contributed by atoms with Crippen LogP contribution in [0.1, 0.15) is 30.9 Å². The lowest BCUT2D eigenvalue weighted by Gasteiger charge is -2.04. The van der Waals surface area contributed by atoms with Gasteiger partial charge in [-0.05, 0) is 30.0 Å². The van der Waals surface area contributed by atoms with E-state index in [-0.39, 0.29) is 0 Å². The van der Waals surface area contributed by atoms with Gasteiger partial charge in [-0.1, -0.05) is 43.7 Å². The Balaban J connectivity index is 2.10. The van der Waals surface area contributed by atoms with Crippen LogP contribution in [0.25, 0.3) is 11.3 Å². The van der Waals surface area contributed by atoms with Crippen molar-refractivity contribution < 1.29 is 4.79 Å². The van der Waals surface area contributed by atoms with Crippen molar-refractivity contribution in [1.82, 2.24) is 4.98 Å². The van der Waals surface area contributed by atoms with Gasteiger partial charge >= 0.3 is 0 Å². The molecule has 19 heavy (non-hydrogen) atoms. The molecule has 0 fully saturated rings. The molecule has 0 N–H and O–H groups in total. The van der Waals surface area contributed by atoms with E-state index in [4.69, 9.17) is 0 Å². The Morgan fingerprint density at radius 2 is 1.79 bits per heavy atom. The Kier molecular flexibility index (Phi) is 4.85. The minimum atomic E-state index is 0.476. The van der Waals surface area contributed by atoms with Crippen LogP contribution in [0, 0.1) is 0 Å². The third-order valence-electron chi connectivity index (χ3n) is 3.21. The fraction of sp³-hybridized carbons (Fsp3) is 0.294. The molecule has 2 rings (SSSR count). The summed E-state index contributed by atoms with van der Waals surface area (Å²) in [5, 5.41) is 0. The Hall–Kier alpha value is -1.96. The smallest absolute Gasteiger partial charge is 0.124 e. The van der Waals surface area contributed by atoms with Gasteiger partial charge in [0, 0.05) is 18.2 Å². The van der Waals surface area contributed by atoms with Crippen LogP contribution in [0.4, 0.5) is 0 Å². The molecule has 1 aromatic carbocycles. The maximum Gasteiger partial charge on any atom is 0.124 e. The highest BCUT2D eigenvalue weighted by Gasteiger charge is 2.00. The zero-order valence-electron chi connectivity index (χ0n) is 11.3. The Labute approximate surface area is 114 Å². The van der Waals surface area contributed by atoms with E-state index >= 15 is 0 Å². The van der Waals surface area contributed by atoms with Gasteiger partial charge in [-0.3, -0.25) is 4.98 Å². The topological polar surface area (TPSA) is 30.0 Å². The maximum absolute atomic E-state index is 10.4. The first-order chi connectivity index (χ1) is 9.33. The second-order valence-electron chi connectivity index (χ2n) is 4.72. The number of hydrogen-bond donors (Lipinski definition) is 0. The average molecular weight is 253 g/mol. The number of hydrogen-bond acceptors (Lipinski definition) is 2. The number of unbranched alkanes of at least 4 members (excludes halogenated alkanes) is 1. The van der Waals surface area contributed by atoms with Gasteiger partial charge in [0.25, 0.3) is 0 Å². The van der Waals surface area contributed by atoms with Crippen molar-refractivity contribution in [3.8, 4) is 11.3 Å². The van der Waals surface area contributed by atoms with Crippen molar-refractivity contribution in [3.05, 3.63) is 53.7 Å². The summed E-state index contributed by atoms with van der Waals surface area (Å²) in [6.45, 7) is 2.20. The van der Waals surface area contributed by atoms with E-state index in [1.54, 1.807) is 0 Å². The molecule has 0 aliphatic rings. The molecular formula is C17H19NO. The molecule has 98 valence electrons. The quantitative estimate of drug-likeness (QED) is 0.732. The van der Waals surface area contributed by atoms with Gasteiger partial charge in [0.2, 0.25) is 0 Å². The van der Waals surface area contributed by atoms with E-state index in [1.807, 2.05) is 30.5 Å². The highest BCUT2D eigenvalue weighted by atomic mass is 16.1. The molecule has 0 spiro atoms. The molecule has 0 aliphatic carbocycles. The molecular weight excluding hydrogens is 234 g/mol. The number of pyridine rings is 1. The van der Waals surface area contributed by atoms with Crippen LogP contribution in [-0.2, 0) is 17.6 Å². The molecule has 0 saturated carbocycles. The number of aldehydes is 1. The summed E-state index contributed by atoms with van der Waals surface area (Å²) >= 11 is 0. The number of rotatable bonds is 6. The average Bonchev–Trinajstić information content (AvgIpc) is 2.47. The van der Waals surface area contributed by atoms with Crippen LogP contribution in [0.15, 0.2) is 42.6 Å². The predicted octanol–water partition coefficient (Wildman–Crippen LogP) is 3.83. The monoisotopic (exact) mass is 253 g/mol. The lowest BCUT2D eigenvalue weighted by Crippen LogP contribution is -1.90. The molecule has 2 heteroatoms.